The van der Waals surface area contributed by atoms with E-state index in [1.807, 2.05) is 20.0 Å². The summed E-state index contributed by atoms with van der Waals surface area (Å²) >= 11 is 0. The Labute approximate surface area is 83.1 Å². The summed E-state index contributed by atoms with van der Waals surface area (Å²) in [5, 5.41) is 3.13. The van der Waals surface area contributed by atoms with Gasteiger partial charge in [0.1, 0.15) is 11.6 Å². The fourth-order valence-electron chi connectivity index (χ4n) is 1.86. The van der Waals surface area contributed by atoms with Crippen LogP contribution in [0.5, 0.6) is 5.75 Å². The fourth-order valence-corrected chi connectivity index (χ4v) is 1.86. The van der Waals surface area contributed by atoms with Crippen molar-refractivity contribution >= 4 is 0 Å². The average Bonchev–Trinajstić information content (AvgIpc) is 2.62. The van der Waals surface area contributed by atoms with Crippen molar-refractivity contribution in [2.75, 3.05) is 13.7 Å². The maximum atomic E-state index is 13.5. The smallest absolute Gasteiger partial charge is 0.130 e. The van der Waals surface area contributed by atoms with Gasteiger partial charge in [0.2, 0.25) is 0 Å². The number of halogens is 1. The Morgan fingerprint density at radius 2 is 2.36 bits per heavy atom. The zero-order chi connectivity index (χ0) is 10.1. The van der Waals surface area contributed by atoms with E-state index in [1.165, 1.54) is 6.07 Å². The van der Waals surface area contributed by atoms with Gasteiger partial charge in [-0.15, -0.1) is 0 Å². The summed E-state index contributed by atoms with van der Waals surface area (Å²) in [7, 11) is 1.88. The van der Waals surface area contributed by atoms with Crippen LogP contribution in [0.3, 0.4) is 0 Å². The fraction of sp³-hybridized carbons (Fsp3) is 0.455. The van der Waals surface area contributed by atoms with Crippen LogP contribution in [0.1, 0.15) is 18.4 Å². The van der Waals surface area contributed by atoms with Gasteiger partial charge in [-0.3, -0.25) is 0 Å². The first-order chi connectivity index (χ1) is 6.74. The molecule has 0 amide bonds. The zero-order valence-corrected chi connectivity index (χ0v) is 8.38. The Morgan fingerprint density at radius 3 is 3.07 bits per heavy atom. The molecule has 0 spiro atoms. The lowest BCUT2D eigenvalue weighted by Gasteiger charge is -2.17. The van der Waals surface area contributed by atoms with Crippen molar-refractivity contribution in [2.45, 2.75) is 18.9 Å². The van der Waals surface area contributed by atoms with Crippen molar-refractivity contribution in [3.05, 3.63) is 29.6 Å². The van der Waals surface area contributed by atoms with E-state index in [0.717, 1.165) is 0 Å². The number of ether oxygens (including phenoxy) is 1. The standard InChI is InChI=1S/C11H14FNO/c1-7(13-2)8-6-14-10-5-3-4-9(12)11(8)10/h3-5,7-8,13H,6H2,1-2H3. The first-order valence-corrected chi connectivity index (χ1v) is 4.82. The van der Waals surface area contributed by atoms with Gasteiger partial charge in [0.25, 0.3) is 0 Å². The molecule has 1 aliphatic rings. The SMILES string of the molecule is CNC(C)C1COc2cccc(F)c21. The summed E-state index contributed by atoms with van der Waals surface area (Å²) in [6.07, 6.45) is 0. The normalized spacial score (nSPS) is 21.5. The predicted octanol–water partition coefficient (Wildman–Crippen LogP) is 1.91. The molecule has 76 valence electrons. The van der Waals surface area contributed by atoms with Crippen LogP contribution in [0.25, 0.3) is 0 Å². The van der Waals surface area contributed by atoms with E-state index in [2.05, 4.69) is 5.32 Å². The molecule has 1 aromatic rings. The molecule has 0 aromatic heterocycles. The van der Waals surface area contributed by atoms with Gasteiger partial charge >= 0.3 is 0 Å². The molecule has 2 rings (SSSR count). The number of hydrogen-bond acceptors (Lipinski definition) is 2. The number of hydrogen-bond donors (Lipinski definition) is 1. The van der Waals surface area contributed by atoms with Gasteiger partial charge < -0.3 is 10.1 Å². The molecule has 0 saturated carbocycles. The maximum absolute atomic E-state index is 13.5. The third-order valence-corrected chi connectivity index (χ3v) is 2.86. The minimum atomic E-state index is -0.160. The van der Waals surface area contributed by atoms with Crippen LogP contribution in [0.15, 0.2) is 18.2 Å². The Bertz CT molecular complexity index is 340. The second kappa shape index (κ2) is 3.58. The predicted molar refractivity (Wildman–Crippen MR) is 53.2 cm³/mol. The highest BCUT2D eigenvalue weighted by atomic mass is 19.1. The number of fused-ring (bicyclic) bond motifs is 1. The quantitative estimate of drug-likeness (QED) is 0.778. The van der Waals surface area contributed by atoms with Crippen LogP contribution in [0.4, 0.5) is 4.39 Å². The van der Waals surface area contributed by atoms with Crippen LogP contribution in [0.2, 0.25) is 0 Å². The third kappa shape index (κ3) is 1.38. The third-order valence-electron chi connectivity index (χ3n) is 2.86. The summed E-state index contributed by atoms with van der Waals surface area (Å²) < 4.78 is 19.0. The van der Waals surface area contributed by atoms with Crippen LogP contribution in [-0.4, -0.2) is 19.7 Å². The molecule has 0 aliphatic carbocycles. The highest BCUT2D eigenvalue weighted by Crippen LogP contribution is 2.37. The number of likely N-dealkylation sites (N-methyl/N-ethyl adjacent to an activating group) is 1. The van der Waals surface area contributed by atoms with Gasteiger partial charge in [-0.1, -0.05) is 6.07 Å². The molecule has 0 saturated heterocycles. The van der Waals surface area contributed by atoms with Crippen molar-refractivity contribution in [2.24, 2.45) is 0 Å². The summed E-state index contributed by atoms with van der Waals surface area (Å²) in [6.45, 7) is 2.60. The topological polar surface area (TPSA) is 21.3 Å². The summed E-state index contributed by atoms with van der Waals surface area (Å²) in [4.78, 5) is 0. The number of rotatable bonds is 2. The van der Waals surface area contributed by atoms with Crippen molar-refractivity contribution in [1.82, 2.24) is 5.32 Å². The Balaban J connectivity index is 2.38. The molecule has 0 fully saturated rings. The van der Waals surface area contributed by atoms with Crippen LogP contribution >= 0.6 is 0 Å². The van der Waals surface area contributed by atoms with E-state index < -0.39 is 0 Å². The van der Waals surface area contributed by atoms with E-state index in [1.54, 1.807) is 6.07 Å². The maximum Gasteiger partial charge on any atom is 0.130 e. The van der Waals surface area contributed by atoms with Crippen molar-refractivity contribution in [3.8, 4) is 5.75 Å². The monoisotopic (exact) mass is 195 g/mol. The Kier molecular flexibility index (Phi) is 2.42. The molecular weight excluding hydrogens is 181 g/mol. The lowest BCUT2D eigenvalue weighted by atomic mass is 9.94. The first-order valence-electron chi connectivity index (χ1n) is 4.82. The van der Waals surface area contributed by atoms with Gasteiger partial charge in [0, 0.05) is 17.5 Å². The Hall–Kier alpha value is -1.09. The zero-order valence-electron chi connectivity index (χ0n) is 8.38. The molecule has 2 unspecified atom stereocenters. The summed E-state index contributed by atoms with van der Waals surface area (Å²) in [6, 6.07) is 5.22. The van der Waals surface area contributed by atoms with Gasteiger partial charge in [0.05, 0.1) is 6.61 Å². The van der Waals surface area contributed by atoms with Crippen LogP contribution in [0, 0.1) is 5.82 Å². The summed E-state index contributed by atoms with van der Waals surface area (Å²) in [5.41, 5.74) is 0.717. The van der Waals surface area contributed by atoms with Crippen molar-refractivity contribution < 1.29 is 9.13 Å². The van der Waals surface area contributed by atoms with Crippen molar-refractivity contribution in [1.29, 1.82) is 0 Å². The van der Waals surface area contributed by atoms with E-state index in [9.17, 15) is 4.39 Å². The lowest BCUT2D eigenvalue weighted by molar-refractivity contribution is 0.308. The molecule has 0 radical (unpaired) electrons. The molecular formula is C11H14FNO. The highest BCUT2D eigenvalue weighted by molar-refractivity contribution is 5.41. The van der Waals surface area contributed by atoms with Crippen LogP contribution in [-0.2, 0) is 0 Å². The molecule has 2 nitrogen and oxygen atoms in total. The molecule has 1 aromatic carbocycles. The second-order valence-corrected chi connectivity index (χ2v) is 3.65. The average molecular weight is 195 g/mol. The van der Waals surface area contributed by atoms with Gasteiger partial charge in [-0.25, -0.2) is 4.39 Å². The van der Waals surface area contributed by atoms with Gasteiger partial charge in [-0.2, -0.15) is 0 Å². The molecule has 1 aliphatic heterocycles. The highest BCUT2D eigenvalue weighted by Gasteiger charge is 2.30. The molecule has 1 heterocycles. The molecule has 3 heteroatoms. The molecule has 14 heavy (non-hydrogen) atoms. The molecule has 2 atom stereocenters. The van der Waals surface area contributed by atoms with Crippen LogP contribution < -0.4 is 10.1 Å². The van der Waals surface area contributed by atoms with E-state index in [0.29, 0.717) is 17.9 Å². The van der Waals surface area contributed by atoms with Gasteiger partial charge in [-0.05, 0) is 26.1 Å². The largest absolute Gasteiger partial charge is 0.492 e. The Morgan fingerprint density at radius 1 is 1.57 bits per heavy atom. The first kappa shape index (κ1) is 9.46. The van der Waals surface area contributed by atoms with E-state index in [-0.39, 0.29) is 17.8 Å². The number of nitrogens with one attached hydrogen (secondary N) is 1. The number of benzene rings is 1. The minimum Gasteiger partial charge on any atom is -0.492 e. The summed E-state index contributed by atoms with van der Waals surface area (Å²) in [5.74, 6) is 0.653. The lowest BCUT2D eigenvalue weighted by Crippen LogP contribution is -2.30. The van der Waals surface area contributed by atoms with E-state index >= 15 is 0 Å². The minimum absolute atomic E-state index is 0.121. The van der Waals surface area contributed by atoms with Gasteiger partial charge in [0.15, 0.2) is 0 Å². The van der Waals surface area contributed by atoms with E-state index in [4.69, 9.17) is 4.74 Å². The second-order valence-electron chi connectivity index (χ2n) is 3.65. The molecule has 0 bridgehead atoms. The molecule has 1 N–H and O–H groups in total. The van der Waals surface area contributed by atoms with Crippen molar-refractivity contribution in [3.63, 3.8) is 0 Å².